The molecule has 0 fully saturated rings. The van der Waals surface area contributed by atoms with E-state index in [1.165, 1.54) is 0 Å². The van der Waals surface area contributed by atoms with Gasteiger partial charge in [0.2, 0.25) is 0 Å². The summed E-state index contributed by atoms with van der Waals surface area (Å²) in [4.78, 5) is 0. The number of para-hydroxylation sites is 1. The van der Waals surface area contributed by atoms with E-state index in [2.05, 4.69) is 22.0 Å². The molecule has 0 aromatic heterocycles. The van der Waals surface area contributed by atoms with Gasteiger partial charge in [0.25, 0.3) is 0 Å². The third kappa shape index (κ3) is 2.31. The van der Waals surface area contributed by atoms with Crippen molar-refractivity contribution in [3.63, 3.8) is 0 Å². The van der Waals surface area contributed by atoms with Crippen LogP contribution in [0, 0.1) is 18.3 Å². The summed E-state index contributed by atoms with van der Waals surface area (Å²) in [5.74, 6) is 1.08. The smallest absolute Gasteiger partial charge is 0.153 e. The fourth-order valence-electron chi connectivity index (χ4n) is 1.62. The van der Waals surface area contributed by atoms with E-state index in [-0.39, 0.29) is 0 Å². The third-order valence-corrected chi connectivity index (χ3v) is 3.20. The molecule has 0 atom stereocenters. The number of benzene rings is 2. The molecule has 0 aliphatic heterocycles. The van der Waals surface area contributed by atoms with Crippen molar-refractivity contribution in [1.82, 2.24) is 0 Å². The van der Waals surface area contributed by atoms with Gasteiger partial charge in [-0.25, -0.2) is 0 Å². The van der Waals surface area contributed by atoms with Gasteiger partial charge < -0.3 is 10.5 Å². The SMILES string of the molecule is Cc1cccc(N)c1Oc1cccc(Br)c1C#N. The van der Waals surface area contributed by atoms with Crippen molar-refractivity contribution < 1.29 is 4.74 Å². The van der Waals surface area contributed by atoms with Gasteiger partial charge in [0, 0.05) is 4.47 Å². The van der Waals surface area contributed by atoms with E-state index in [1.807, 2.05) is 25.1 Å². The molecular formula is C14H11BrN2O. The molecule has 3 nitrogen and oxygen atoms in total. The predicted molar refractivity (Wildman–Crippen MR) is 74.5 cm³/mol. The topological polar surface area (TPSA) is 59.0 Å². The number of rotatable bonds is 2. The molecule has 4 heteroatoms. The van der Waals surface area contributed by atoms with Crippen LogP contribution in [0.25, 0.3) is 0 Å². The van der Waals surface area contributed by atoms with Crippen LogP contribution in [0.2, 0.25) is 0 Å². The lowest BCUT2D eigenvalue weighted by atomic mass is 10.2. The van der Waals surface area contributed by atoms with Gasteiger partial charge in [-0.3, -0.25) is 0 Å². The van der Waals surface area contributed by atoms with Crippen molar-refractivity contribution in [2.24, 2.45) is 0 Å². The molecule has 0 unspecified atom stereocenters. The summed E-state index contributed by atoms with van der Waals surface area (Å²) in [5.41, 5.74) is 7.82. The van der Waals surface area contributed by atoms with Crippen LogP contribution in [0.5, 0.6) is 11.5 Å². The summed E-state index contributed by atoms with van der Waals surface area (Å²) in [6.45, 7) is 1.91. The highest BCUT2D eigenvalue weighted by Gasteiger charge is 2.11. The molecule has 90 valence electrons. The van der Waals surface area contributed by atoms with Gasteiger partial charge in [-0.1, -0.05) is 18.2 Å². The molecule has 0 bridgehead atoms. The molecule has 0 saturated heterocycles. The normalized spacial score (nSPS) is 9.83. The first kappa shape index (κ1) is 12.5. The molecule has 0 aliphatic rings. The van der Waals surface area contributed by atoms with E-state index in [1.54, 1.807) is 18.2 Å². The molecule has 0 radical (unpaired) electrons. The maximum absolute atomic E-state index is 9.12. The number of nitrogens with two attached hydrogens (primary N) is 1. The summed E-state index contributed by atoms with van der Waals surface area (Å²) >= 11 is 3.32. The Balaban J connectivity index is 2.48. The second-order valence-electron chi connectivity index (χ2n) is 3.82. The van der Waals surface area contributed by atoms with Crippen molar-refractivity contribution in [2.75, 3.05) is 5.73 Å². The molecule has 2 N–H and O–H groups in total. The Morgan fingerprint density at radius 3 is 2.61 bits per heavy atom. The average molecular weight is 303 g/mol. The van der Waals surface area contributed by atoms with Crippen molar-refractivity contribution in [1.29, 1.82) is 5.26 Å². The van der Waals surface area contributed by atoms with Crippen LogP contribution in [0.4, 0.5) is 5.69 Å². The molecule has 0 heterocycles. The van der Waals surface area contributed by atoms with Crippen LogP contribution in [-0.2, 0) is 0 Å². The van der Waals surface area contributed by atoms with Crippen LogP contribution in [0.3, 0.4) is 0 Å². The third-order valence-electron chi connectivity index (χ3n) is 2.54. The van der Waals surface area contributed by atoms with E-state index in [9.17, 15) is 0 Å². The quantitative estimate of drug-likeness (QED) is 0.853. The highest BCUT2D eigenvalue weighted by molar-refractivity contribution is 9.10. The summed E-state index contributed by atoms with van der Waals surface area (Å²) in [6, 6.07) is 13.0. The minimum Gasteiger partial charge on any atom is -0.453 e. The fraction of sp³-hybridized carbons (Fsp3) is 0.0714. The first-order chi connectivity index (χ1) is 8.63. The van der Waals surface area contributed by atoms with Gasteiger partial charge in [-0.05, 0) is 46.6 Å². The number of nitrogens with zero attached hydrogens (tertiary/aromatic N) is 1. The van der Waals surface area contributed by atoms with Gasteiger partial charge in [0.15, 0.2) is 5.75 Å². The first-order valence-corrected chi connectivity index (χ1v) is 6.14. The van der Waals surface area contributed by atoms with E-state index < -0.39 is 0 Å². The molecule has 18 heavy (non-hydrogen) atoms. The van der Waals surface area contributed by atoms with Crippen molar-refractivity contribution in [3.05, 3.63) is 52.0 Å². The van der Waals surface area contributed by atoms with Crippen molar-refractivity contribution in [3.8, 4) is 17.6 Å². The van der Waals surface area contributed by atoms with Crippen molar-refractivity contribution in [2.45, 2.75) is 6.92 Å². The first-order valence-electron chi connectivity index (χ1n) is 5.35. The number of halogens is 1. The van der Waals surface area contributed by atoms with E-state index >= 15 is 0 Å². The van der Waals surface area contributed by atoms with Gasteiger partial charge in [-0.2, -0.15) is 5.26 Å². The van der Waals surface area contributed by atoms with E-state index in [0.29, 0.717) is 27.2 Å². The average Bonchev–Trinajstić information content (AvgIpc) is 2.34. The molecule has 2 rings (SSSR count). The molecule has 0 amide bonds. The lowest BCUT2D eigenvalue weighted by Gasteiger charge is -2.12. The second-order valence-corrected chi connectivity index (χ2v) is 4.67. The van der Waals surface area contributed by atoms with Crippen LogP contribution in [-0.4, -0.2) is 0 Å². The Hall–Kier alpha value is -1.99. The zero-order valence-corrected chi connectivity index (χ0v) is 11.4. The van der Waals surface area contributed by atoms with Gasteiger partial charge in [-0.15, -0.1) is 0 Å². The standard InChI is InChI=1S/C14H11BrN2O/c1-9-4-2-6-12(17)14(9)18-13-7-3-5-11(15)10(13)8-16/h2-7H,17H2,1H3. The Morgan fingerprint density at radius 1 is 1.22 bits per heavy atom. The minimum absolute atomic E-state index is 0.458. The minimum atomic E-state index is 0.458. The zero-order chi connectivity index (χ0) is 13.1. The van der Waals surface area contributed by atoms with Crippen LogP contribution in [0.15, 0.2) is 40.9 Å². The Bertz CT molecular complexity index is 612. The van der Waals surface area contributed by atoms with Gasteiger partial charge in [0.05, 0.1) is 5.69 Å². The van der Waals surface area contributed by atoms with Crippen LogP contribution in [0.1, 0.15) is 11.1 Å². The maximum atomic E-state index is 9.12. The van der Waals surface area contributed by atoms with Crippen LogP contribution >= 0.6 is 15.9 Å². The number of aryl methyl sites for hydroxylation is 1. The lowest BCUT2D eigenvalue weighted by molar-refractivity contribution is 0.479. The molecule has 0 aliphatic carbocycles. The fourth-order valence-corrected chi connectivity index (χ4v) is 2.06. The summed E-state index contributed by atoms with van der Waals surface area (Å²) in [7, 11) is 0. The number of hydrogen-bond donors (Lipinski definition) is 1. The highest BCUT2D eigenvalue weighted by Crippen LogP contribution is 2.34. The van der Waals surface area contributed by atoms with E-state index in [0.717, 1.165) is 5.56 Å². The molecule has 0 spiro atoms. The number of ether oxygens (including phenoxy) is 1. The predicted octanol–water partition coefficient (Wildman–Crippen LogP) is 4.00. The van der Waals surface area contributed by atoms with Crippen LogP contribution < -0.4 is 10.5 Å². The highest BCUT2D eigenvalue weighted by atomic mass is 79.9. The lowest BCUT2D eigenvalue weighted by Crippen LogP contribution is -1.96. The summed E-state index contributed by atoms with van der Waals surface area (Å²) in [6.07, 6.45) is 0. The van der Waals surface area contributed by atoms with E-state index in [4.69, 9.17) is 15.7 Å². The Labute approximate surface area is 114 Å². The largest absolute Gasteiger partial charge is 0.453 e. The number of hydrogen-bond acceptors (Lipinski definition) is 3. The molecular weight excluding hydrogens is 292 g/mol. The summed E-state index contributed by atoms with van der Waals surface area (Å²) < 4.78 is 6.47. The molecule has 2 aromatic carbocycles. The zero-order valence-electron chi connectivity index (χ0n) is 9.77. The Morgan fingerprint density at radius 2 is 1.94 bits per heavy atom. The maximum Gasteiger partial charge on any atom is 0.153 e. The molecule has 2 aromatic rings. The summed E-state index contributed by atoms with van der Waals surface area (Å²) in [5, 5.41) is 9.12. The number of nitrogen functional groups attached to an aromatic ring is 1. The second kappa shape index (κ2) is 5.11. The van der Waals surface area contributed by atoms with Crippen molar-refractivity contribution >= 4 is 21.6 Å². The monoisotopic (exact) mass is 302 g/mol. The Kier molecular flexibility index (Phi) is 3.54. The van der Waals surface area contributed by atoms with Gasteiger partial charge in [0.1, 0.15) is 17.4 Å². The number of anilines is 1. The number of nitriles is 1. The molecule has 0 saturated carbocycles. The van der Waals surface area contributed by atoms with Gasteiger partial charge >= 0.3 is 0 Å².